The molecule has 2 atom stereocenters. The van der Waals surface area contributed by atoms with Crippen LogP contribution in [0.4, 0.5) is 10.1 Å². The number of amides is 2. The van der Waals surface area contributed by atoms with E-state index in [9.17, 15) is 14.0 Å². The molecule has 0 spiro atoms. The molecule has 188 valence electrons. The van der Waals surface area contributed by atoms with Crippen LogP contribution < -0.4 is 10.1 Å². The average molecular weight is 489 g/mol. The van der Waals surface area contributed by atoms with E-state index in [0.717, 1.165) is 22.3 Å². The first-order chi connectivity index (χ1) is 17.2. The summed E-state index contributed by atoms with van der Waals surface area (Å²) in [7, 11) is 0. The molecule has 2 amide bonds. The second kappa shape index (κ2) is 10.9. The van der Waals surface area contributed by atoms with Crippen LogP contribution in [-0.2, 0) is 16.0 Å². The van der Waals surface area contributed by atoms with Crippen LogP contribution in [0.3, 0.4) is 0 Å². The molecule has 0 unspecified atom stereocenters. The van der Waals surface area contributed by atoms with Crippen LogP contribution in [0.5, 0.6) is 5.75 Å². The monoisotopic (exact) mass is 488 g/mol. The van der Waals surface area contributed by atoms with Crippen LogP contribution in [0.25, 0.3) is 0 Å². The van der Waals surface area contributed by atoms with E-state index in [-0.39, 0.29) is 23.5 Å². The highest BCUT2D eigenvalue weighted by Gasteiger charge is 2.33. The highest BCUT2D eigenvalue weighted by atomic mass is 19.1. The Bertz CT molecular complexity index is 1260. The van der Waals surface area contributed by atoms with E-state index in [0.29, 0.717) is 30.8 Å². The number of aryl methyl sites for hydroxylation is 1. The Balaban J connectivity index is 1.61. The number of rotatable bonds is 7. The number of halogens is 1. The van der Waals surface area contributed by atoms with Gasteiger partial charge in [0, 0.05) is 18.7 Å². The molecule has 1 aliphatic heterocycles. The lowest BCUT2D eigenvalue weighted by Crippen LogP contribution is -2.41. The smallest absolute Gasteiger partial charge is 0.265 e. The number of ether oxygens (including phenoxy) is 1. The molecule has 0 saturated heterocycles. The van der Waals surface area contributed by atoms with Crippen molar-refractivity contribution in [1.82, 2.24) is 4.90 Å². The van der Waals surface area contributed by atoms with Crippen molar-refractivity contribution in [1.29, 1.82) is 0 Å². The number of carbonyl (C=O) groups is 2. The van der Waals surface area contributed by atoms with Gasteiger partial charge in [-0.1, -0.05) is 44.2 Å². The lowest BCUT2D eigenvalue weighted by molar-refractivity contribution is -0.134. The molecule has 0 saturated carbocycles. The van der Waals surface area contributed by atoms with Gasteiger partial charge in [0.2, 0.25) is 5.91 Å². The van der Waals surface area contributed by atoms with Crippen molar-refractivity contribution in [3.8, 4) is 5.75 Å². The van der Waals surface area contributed by atoms with Crippen LogP contribution in [0.15, 0.2) is 66.7 Å². The van der Waals surface area contributed by atoms with E-state index in [4.69, 9.17) is 4.74 Å². The largest absolute Gasteiger partial charge is 0.481 e. The molecule has 36 heavy (non-hydrogen) atoms. The first-order valence-electron chi connectivity index (χ1n) is 12.4. The fourth-order valence-corrected chi connectivity index (χ4v) is 4.66. The maximum atomic E-state index is 14.2. The van der Waals surface area contributed by atoms with Crippen LogP contribution in [0.2, 0.25) is 0 Å². The zero-order valence-electron chi connectivity index (χ0n) is 21.3. The van der Waals surface area contributed by atoms with Gasteiger partial charge in [-0.25, -0.2) is 4.39 Å². The molecule has 5 nitrogen and oxygen atoms in total. The van der Waals surface area contributed by atoms with E-state index in [2.05, 4.69) is 5.32 Å². The fraction of sp³-hybridized carbons (Fsp3) is 0.333. The van der Waals surface area contributed by atoms with Crippen molar-refractivity contribution >= 4 is 17.5 Å². The summed E-state index contributed by atoms with van der Waals surface area (Å²) < 4.78 is 20.2. The summed E-state index contributed by atoms with van der Waals surface area (Å²) >= 11 is 0. The van der Waals surface area contributed by atoms with Gasteiger partial charge in [-0.2, -0.15) is 0 Å². The Kier molecular flexibility index (Phi) is 7.73. The minimum atomic E-state index is -0.738. The normalized spacial score (nSPS) is 15.8. The standard InChI is InChI=1S/C30H33FN2O3/c1-19(2)15-28(34)33-14-13-22-11-12-26(18-27(22)29(33)23-8-6-9-24(31)17-23)36-21(4)30(35)32-25-10-5-7-20(3)16-25/h5-12,16-19,21,29H,13-15H2,1-4H3,(H,32,35)/t21-,29+/m0/s1. The summed E-state index contributed by atoms with van der Waals surface area (Å²) in [6, 6.07) is 19.3. The van der Waals surface area contributed by atoms with Gasteiger partial charge in [0.15, 0.2) is 6.10 Å². The number of hydrogen-bond acceptors (Lipinski definition) is 3. The van der Waals surface area contributed by atoms with E-state index in [1.807, 2.05) is 74.2 Å². The van der Waals surface area contributed by atoms with Gasteiger partial charge in [-0.15, -0.1) is 0 Å². The third kappa shape index (κ3) is 5.93. The van der Waals surface area contributed by atoms with Gasteiger partial charge in [-0.05, 0) is 84.8 Å². The molecule has 6 heteroatoms. The molecule has 0 bridgehead atoms. The number of benzene rings is 3. The molecule has 1 heterocycles. The van der Waals surface area contributed by atoms with Crippen molar-refractivity contribution in [2.75, 3.05) is 11.9 Å². The summed E-state index contributed by atoms with van der Waals surface area (Å²) in [6.45, 7) is 8.26. The molecule has 4 rings (SSSR count). The van der Waals surface area contributed by atoms with Gasteiger partial charge >= 0.3 is 0 Å². The van der Waals surface area contributed by atoms with E-state index >= 15 is 0 Å². The van der Waals surface area contributed by atoms with Crippen molar-refractivity contribution < 1.29 is 18.7 Å². The number of fused-ring (bicyclic) bond motifs is 1. The molecule has 1 N–H and O–H groups in total. The minimum Gasteiger partial charge on any atom is -0.481 e. The molecule has 0 radical (unpaired) electrons. The molecule has 0 fully saturated rings. The predicted octanol–water partition coefficient (Wildman–Crippen LogP) is 6.06. The van der Waals surface area contributed by atoms with Crippen molar-refractivity contribution in [3.63, 3.8) is 0 Å². The summed E-state index contributed by atoms with van der Waals surface area (Å²) in [5.41, 5.74) is 4.47. The molecular weight excluding hydrogens is 455 g/mol. The SMILES string of the molecule is Cc1cccc(NC(=O)[C@H](C)Oc2ccc3c(c2)[C@@H](c2cccc(F)c2)N(C(=O)CC(C)C)CC3)c1. The number of nitrogens with one attached hydrogen (secondary N) is 1. The highest BCUT2D eigenvalue weighted by Crippen LogP contribution is 2.38. The summed E-state index contributed by atoms with van der Waals surface area (Å²) in [5, 5.41) is 2.89. The molecule has 1 aliphatic rings. The Morgan fingerprint density at radius 3 is 2.56 bits per heavy atom. The number of hydrogen-bond donors (Lipinski definition) is 1. The number of nitrogens with zero attached hydrogens (tertiary/aromatic N) is 1. The predicted molar refractivity (Wildman–Crippen MR) is 139 cm³/mol. The van der Waals surface area contributed by atoms with Gasteiger partial charge in [0.25, 0.3) is 5.91 Å². The third-order valence-corrected chi connectivity index (χ3v) is 6.38. The fourth-order valence-electron chi connectivity index (χ4n) is 4.66. The second-order valence-corrected chi connectivity index (χ2v) is 9.87. The Morgan fingerprint density at radius 1 is 1.06 bits per heavy atom. The maximum Gasteiger partial charge on any atom is 0.265 e. The van der Waals surface area contributed by atoms with Crippen LogP contribution >= 0.6 is 0 Å². The molecule has 0 aliphatic carbocycles. The van der Waals surface area contributed by atoms with E-state index in [1.165, 1.54) is 12.1 Å². The van der Waals surface area contributed by atoms with Gasteiger partial charge in [-0.3, -0.25) is 9.59 Å². The molecule has 3 aromatic rings. The first-order valence-corrected chi connectivity index (χ1v) is 12.4. The second-order valence-electron chi connectivity index (χ2n) is 9.87. The van der Waals surface area contributed by atoms with Gasteiger partial charge < -0.3 is 15.0 Å². The number of carbonyl (C=O) groups excluding carboxylic acids is 2. The molecule has 3 aromatic carbocycles. The average Bonchev–Trinajstić information content (AvgIpc) is 2.82. The Labute approximate surface area is 212 Å². The lowest BCUT2D eigenvalue weighted by Gasteiger charge is -2.38. The molecular formula is C30H33FN2O3. The van der Waals surface area contributed by atoms with Crippen molar-refractivity contribution in [2.24, 2.45) is 5.92 Å². The highest BCUT2D eigenvalue weighted by molar-refractivity contribution is 5.94. The molecule has 0 aromatic heterocycles. The van der Waals surface area contributed by atoms with Crippen LogP contribution in [0.1, 0.15) is 55.5 Å². The third-order valence-electron chi connectivity index (χ3n) is 6.38. The van der Waals surface area contributed by atoms with Crippen LogP contribution in [0, 0.1) is 18.7 Å². The quantitative estimate of drug-likeness (QED) is 0.440. The topological polar surface area (TPSA) is 58.6 Å². The summed E-state index contributed by atoms with van der Waals surface area (Å²) in [5.74, 6) is 0.190. The lowest BCUT2D eigenvalue weighted by atomic mass is 9.87. The zero-order valence-corrected chi connectivity index (χ0v) is 21.3. The van der Waals surface area contributed by atoms with Gasteiger partial charge in [0.1, 0.15) is 11.6 Å². The number of anilines is 1. The van der Waals surface area contributed by atoms with E-state index in [1.54, 1.807) is 13.0 Å². The summed E-state index contributed by atoms with van der Waals surface area (Å²) in [6.07, 6.45) is 0.390. The minimum absolute atomic E-state index is 0.0436. The van der Waals surface area contributed by atoms with Crippen molar-refractivity contribution in [3.05, 3.63) is 94.8 Å². The Morgan fingerprint density at radius 2 is 1.83 bits per heavy atom. The first kappa shape index (κ1) is 25.4. The van der Waals surface area contributed by atoms with E-state index < -0.39 is 12.1 Å². The Hall–Kier alpha value is -3.67. The van der Waals surface area contributed by atoms with Gasteiger partial charge in [0.05, 0.1) is 6.04 Å². The maximum absolute atomic E-state index is 14.2. The van der Waals surface area contributed by atoms with Crippen LogP contribution in [-0.4, -0.2) is 29.4 Å². The van der Waals surface area contributed by atoms with Crippen molar-refractivity contribution in [2.45, 2.75) is 52.7 Å². The summed E-state index contributed by atoms with van der Waals surface area (Å²) in [4.78, 5) is 27.8. The zero-order chi connectivity index (χ0) is 25.8.